The van der Waals surface area contributed by atoms with Crippen LogP contribution in [0, 0.1) is 11.8 Å². The molecule has 0 spiro atoms. The zero-order chi connectivity index (χ0) is 19.4. The van der Waals surface area contributed by atoms with Crippen molar-refractivity contribution in [2.75, 3.05) is 0 Å². The molecule has 4 N–H and O–H groups in total. The first kappa shape index (κ1) is 22.6. The lowest BCUT2D eigenvalue weighted by molar-refractivity contribution is -0.137. The second-order valence-corrected chi connectivity index (χ2v) is 7.35. The van der Waals surface area contributed by atoms with E-state index in [0.717, 1.165) is 51.4 Å². The molecule has 6 nitrogen and oxygen atoms in total. The molecule has 0 heterocycles. The molecule has 4 unspecified atom stereocenters. The van der Waals surface area contributed by atoms with Gasteiger partial charge >= 0.3 is 5.97 Å². The molecule has 4 atom stereocenters. The molecule has 1 rings (SSSR count). The van der Waals surface area contributed by atoms with Crippen LogP contribution in [0.5, 0.6) is 0 Å². The molecule has 0 aromatic heterocycles. The van der Waals surface area contributed by atoms with Gasteiger partial charge in [-0.2, -0.15) is 0 Å². The second kappa shape index (κ2) is 12.9. The zero-order valence-electron chi connectivity index (χ0n) is 15.9. The number of carboxylic acids is 1. The highest BCUT2D eigenvalue weighted by Gasteiger charge is 2.38. The fourth-order valence-electron chi connectivity index (χ4n) is 3.68. The van der Waals surface area contributed by atoms with Crippen molar-refractivity contribution >= 4 is 11.7 Å². The minimum Gasteiger partial charge on any atom is -0.481 e. The Kier molecular flexibility index (Phi) is 11.2. The van der Waals surface area contributed by atoms with Crippen LogP contribution in [0.25, 0.3) is 0 Å². The normalized spacial score (nSPS) is 26.0. The first-order chi connectivity index (χ1) is 12.5. The maximum Gasteiger partial charge on any atom is 0.303 e. The van der Waals surface area contributed by atoms with Gasteiger partial charge in [0.05, 0.1) is 17.9 Å². The minimum absolute atomic E-state index is 0.0144. The third-order valence-corrected chi connectivity index (χ3v) is 5.21. The maximum absolute atomic E-state index is 10.5. The molecule has 0 aromatic carbocycles. The largest absolute Gasteiger partial charge is 0.481 e. The molecule has 6 heteroatoms. The fourth-order valence-corrected chi connectivity index (χ4v) is 3.68. The predicted octanol–water partition coefficient (Wildman–Crippen LogP) is 3.74. The first-order valence-corrected chi connectivity index (χ1v) is 9.96. The van der Waals surface area contributed by atoms with E-state index in [2.05, 4.69) is 12.1 Å². The molecule has 0 aromatic rings. The summed E-state index contributed by atoms with van der Waals surface area (Å²) in [4.78, 5) is 10.5. The van der Waals surface area contributed by atoms with E-state index in [1.807, 2.05) is 6.08 Å². The van der Waals surface area contributed by atoms with E-state index in [1.54, 1.807) is 6.08 Å². The number of allylic oxidation sites excluding steroid dienone is 1. The summed E-state index contributed by atoms with van der Waals surface area (Å²) in [5.74, 6) is -0.919. The van der Waals surface area contributed by atoms with Crippen LogP contribution in [-0.4, -0.2) is 44.4 Å². The Morgan fingerprint density at radius 2 is 1.96 bits per heavy atom. The summed E-state index contributed by atoms with van der Waals surface area (Å²) in [5, 5.41) is 41.6. The van der Waals surface area contributed by atoms with Gasteiger partial charge in [-0.05, 0) is 25.2 Å². The number of carboxylic acid groups (broad SMARTS) is 1. The van der Waals surface area contributed by atoms with Crippen molar-refractivity contribution in [3.05, 3.63) is 12.2 Å². The smallest absolute Gasteiger partial charge is 0.303 e. The second-order valence-electron chi connectivity index (χ2n) is 7.35. The number of aliphatic hydroxyl groups is 2. The summed E-state index contributed by atoms with van der Waals surface area (Å²) in [5.41, 5.74) is 0.574. The van der Waals surface area contributed by atoms with E-state index in [9.17, 15) is 20.2 Å². The number of unbranched alkanes of at least 4 members (excludes halogenated alkanes) is 5. The van der Waals surface area contributed by atoms with Crippen LogP contribution in [0.1, 0.15) is 77.6 Å². The van der Waals surface area contributed by atoms with Crippen molar-refractivity contribution in [1.82, 2.24) is 0 Å². The highest BCUT2D eigenvalue weighted by Crippen LogP contribution is 2.35. The van der Waals surface area contributed by atoms with Crippen molar-refractivity contribution in [1.29, 1.82) is 0 Å². The Morgan fingerprint density at radius 3 is 2.62 bits per heavy atom. The van der Waals surface area contributed by atoms with Gasteiger partial charge in [-0.25, -0.2) is 0 Å². The monoisotopic (exact) mass is 369 g/mol. The number of nitrogens with zero attached hydrogens (tertiary/aromatic N) is 1. The van der Waals surface area contributed by atoms with Gasteiger partial charge in [0.1, 0.15) is 0 Å². The topological polar surface area (TPSA) is 110 Å². The lowest BCUT2D eigenvalue weighted by Gasteiger charge is -2.19. The molecule has 0 radical (unpaired) electrons. The molecular formula is C20H35NO5. The van der Waals surface area contributed by atoms with Crippen LogP contribution in [0.3, 0.4) is 0 Å². The number of carbonyl (C=O) groups is 1. The number of oxime groups is 1. The molecule has 150 valence electrons. The highest BCUT2D eigenvalue weighted by molar-refractivity contribution is 5.90. The lowest BCUT2D eigenvalue weighted by Crippen LogP contribution is -2.19. The fraction of sp³-hybridized carbons (Fsp3) is 0.800. The molecule has 0 amide bonds. The van der Waals surface area contributed by atoms with E-state index >= 15 is 0 Å². The maximum atomic E-state index is 10.5. The quantitative estimate of drug-likeness (QED) is 0.171. The van der Waals surface area contributed by atoms with Crippen molar-refractivity contribution in [2.24, 2.45) is 17.0 Å². The van der Waals surface area contributed by atoms with E-state index in [1.165, 1.54) is 0 Å². The van der Waals surface area contributed by atoms with E-state index < -0.39 is 18.2 Å². The third kappa shape index (κ3) is 8.32. The molecule has 1 aliphatic rings. The average Bonchev–Trinajstić information content (AvgIpc) is 2.91. The summed E-state index contributed by atoms with van der Waals surface area (Å²) >= 11 is 0. The van der Waals surface area contributed by atoms with Crippen molar-refractivity contribution in [3.8, 4) is 0 Å². The van der Waals surface area contributed by atoms with E-state index in [0.29, 0.717) is 18.6 Å². The van der Waals surface area contributed by atoms with Crippen molar-refractivity contribution < 1.29 is 25.3 Å². The molecule has 0 saturated heterocycles. The molecule has 1 fully saturated rings. The van der Waals surface area contributed by atoms with Crippen LogP contribution in [-0.2, 0) is 4.79 Å². The third-order valence-electron chi connectivity index (χ3n) is 5.21. The molecule has 26 heavy (non-hydrogen) atoms. The lowest BCUT2D eigenvalue weighted by atomic mass is 9.88. The van der Waals surface area contributed by atoms with Crippen molar-refractivity contribution in [2.45, 2.75) is 89.8 Å². The van der Waals surface area contributed by atoms with Crippen LogP contribution in [0.2, 0.25) is 0 Å². The number of rotatable bonds is 13. The molecule has 1 saturated carbocycles. The number of hydrogen-bond donors (Lipinski definition) is 4. The summed E-state index contributed by atoms with van der Waals surface area (Å²) in [6.45, 7) is 2.12. The summed E-state index contributed by atoms with van der Waals surface area (Å²) in [6.07, 6.45) is 11.3. The Bertz CT molecular complexity index is 463. The van der Waals surface area contributed by atoms with Gasteiger partial charge in [0, 0.05) is 18.8 Å². The van der Waals surface area contributed by atoms with Crippen LogP contribution < -0.4 is 0 Å². The molecular weight excluding hydrogens is 334 g/mol. The Hall–Kier alpha value is -1.40. The predicted molar refractivity (Wildman–Crippen MR) is 101 cm³/mol. The number of aliphatic hydroxyl groups excluding tert-OH is 2. The van der Waals surface area contributed by atoms with Gasteiger partial charge in [0.2, 0.25) is 0 Å². The van der Waals surface area contributed by atoms with Gasteiger partial charge in [-0.1, -0.05) is 62.8 Å². The average molecular weight is 370 g/mol. The Labute approximate surface area is 156 Å². The number of hydrogen-bond acceptors (Lipinski definition) is 5. The summed E-state index contributed by atoms with van der Waals surface area (Å²) < 4.78 is 0. The molecule has 1 aliphatic carbocycles. The summed E-state index contributed by atoms with van der Waals surface area (Å²) in [7, 11) is 0. The van der Waals surface area contributed by atoms with Gasteiger partial charge in [0.15, 0.2) is 0 Å². The van der Waals surface area contributed by atoms with Gasteiger partial charge in [0.25, 0.3) is 0 Å². The Balaban J connectivity index is 2.49. The first-order valence-electron chi connectivity index (χ1n) is 9.96. The summed E-state index contributed by atoms with van der Waals surface area (Å²) in [6, 6.07) is 0. The molecule has 0 bridgehead atoms. The zero-order valence-corrected chi connectivity index (χ0v) is 15.9. The minimum atomic E-state index is -0.761. The van der Waals surface area contributed by atoms with Crippen LogP contribution in [0.4, 0.5) is 0 Å². The molecule has 0 aliphatic heterocycles. The van der Waals surface area contributed by atoms with Gasteiger partial charge in [-0.3, -0.25) is 4.79 Å². The van der Waals surface area contributed by atoms with Crippen molar-refractivity contribution in [3.63, 3.8) is 0 Å². The number of aliphatic carboxylic acids is 1. The van der Waals surface area contributed by atoms with E-state index in [4.69, 9.17) is 5.11 Å². The van der Waals surface area contributed by atoms with Crippen LogP contribution in [0.15, 0.2) is 17.3 Å². The van der Waals surface area contributed by atoms with Gasteiger partial charge in [-0.15, -0.1) is 0 Å². The standard InChI is InChI=1S/C20H35NO5/c1-2-3-6-9-15(22)12-13-16-17(19(23)14-18(16)21-26)10-7-4-5-8-11-20(24)25/h12-13,15-17,19,22-23,26H,2-11,14H2,1H3,(H,24,25)/b13-12+,21-18-. The van der Waals surface area contributed by atoms with E-state index in [-0.39, 0.29) is 18.3 Å². The van der Waals surface area contributed by atoms with Crippen LogP contribution >= 0.6 is 0 Å². The Morgan fingerprint density at radius 1 is 1.23 bits per heavy atom. The van der Waals surface area contributed by atoms with Gasteiger partial charge < -0.3 is 20.5 Å². The SMILES string of the molecule is CCCCCC(O)/C=C/C1/C(=N\O)CC(O)C1CCCCCCC(=O)O. The highest BCUT2D eigenvalue weighted by atomic mass is 16.4.